The molecule has 27 heavy (non-hydrogen) atoms. The van der Waals surface area contributed by atoms with Gasteiger partial charge in [-0.2, -0.15) is 0 Å². The van der Waals surface area contributed by atoms with Gasteiger partial charge in [0.2, 0.25) is 0 Å². The molecule has 1 N–H and O–H groups in total. The topological polar surface area (TPSA) is 36.6 Å². The summed E-state index contributed by atoms with van der Waals surface area (Å²) in [5.74, 6) is 1.80. The molecule has 2 heterocycles. The van der Waals surface area contributed by atoms with E-state index in [4.69, 9.17) is 4.74 Å². The molecule has 1 aliphatic rings. The van der Waals surface area contributed by atoms with Crippen LogP contribution in [0.15, 0.2) is 72.9 Å². The molecule has 1 aromatic heterocycles. The molecule has 0 radical (unpaired) electrons. The monoisotopic (exact) mass is 426 g/mol. The number of hydrogen-bond donors (Lipinski definition) is 1. The standard InChI is InChI=1S/C22H23N2O2.BrH/c1-17-6-8-18(9-7-17)15-22(25)16-23(21-5-3-4-14-24(21)22)19-10-12-20(26-2)13-11-19;/h3-14,25H,15-16H2,1-2H3;1H/q+1;/p-1. The minimum atomic E-state index is -0.994. The van der Waals surface area contributed by atoms with Gasteiger partial charge in [0.05, 0.1) is 13.3 Å². The van der Waals surface area contributed by atoms with Crippen molar-refractivity contribution in [3.63, 3.8) is 0 Å². The van der Waals surface area contributed by atoms with Gasteiger partial charge in [-0.1, -0.05) is 35.9 Å². The van der Waals surface area contributed by atoms with Crippen molar-refractivity contribution in [2.75, 3.05) is 18.6 Å². The van der Waals surface area contributed by atoms with E-state index in [9.17, 15) is 5.11 Å². The number of anilines is 2. The molecule has 1 unspecified atom stereocenters. The highest BCUT2D eigenvalue weighted by molar-refractivity contribution is 5.60. The Bertz CT molecular complexity index is 912. The summed E-state index contributed by atoms with van der Waals surface area (Å²) in [6.07, 6.45) is 2.51. The van der Waals surface area contributed by atoms with Crippen LogP contribution in [0, 0.1) is 6.92 Å². The van der Waals surface area contributed by atoms with Gasteiger partial charge in [-0.25, -0.2) is 9.47 Å². The molecule has 0 amide bonds. The third-order valence-electron chi connectivity index (χ3n) is 4.97. The van der Waals surface area contributed by atoms with Crippen molar-refractivity contribution in [1.82, 2.24) is 0 Å². The molecule has 1 aliphatic heterocycles. The molecule has 2 aromatic carbocycles. The molecule has 140 valence electrons. The van der Waals surface area contributed by atoms with Crippen molar-refractivity contribution in [2.45, 2.75) is 19.1 Å². The highest BCUT2D eigenvalue weighted by Crippen LogP contribution is 2.33. The number of benzene rings is 2. The van der Waals surface area contributed by atoms with Gasteiger partial charge in [0.15, 0.2) is 6.54 Å². The summed E-state index contributed by atoms with van der Waals surface area (Å²) in [6, 6.07) is 22.3. The van der Waals surface area contributed by atoms with E-state index in [1.54, 1.807) is 7.11 Å². The lowest BCUT2D eigenvalue weighted by atomic mass is 10.0. The van der Waals surface area contributed by atoms with E-state index < -0.39 is 5.72 Å². The maximum Gasteiger partial charge on any atom is 0.284 e. The van der Waals surface area contributed by atoms with Crippen LogP contribution >= 0.6 is 0 Å². The summed E-state index contributed by atoms with van der Waals surface area (Å²) in [7, 11) is 1.66. The Morgan fingerprint density at radius 3 is 2.41 bits per heavy atom. The summed E-state index contributed by atoms with van der Waals surface area (Å²) in [5.41, 5.74) is 2.38. The smallest absolute Gasteiger partial charge is 0.284 e. The number of rotatable bonds is 4. The lowest BCUT2D eigenvalue weighted by Gasteiger charge is -2.19. The van der Waals surface area contributed by atoms with E-state index in [1.807, 2.05) is 53.2 Å². The van der Waals surface area contributed by atoms with E-state index in [1.165, 1.54) is 5.56 Å². The van der Waals surface area contributed by atoms with Gasteiger partial charge in [0, 0.05) is 12.5 Å². The Balaban J connectivity index is 0.00000210. The second kappa shape index (κ2) is 7.71. The fourth-order valence-corrected chi connectivity index (χ4v) is 3.58. The molecule has 0 saturated carbocycles. The first-order valence-corrected chi connectivity index (χ1v) is 8.80. The van der Waals surface area contributed by atoms with Crippen LogP contribution in [-0.4, -0.2) is 18.8 Å². The zero-order valence-corrected chi connectivity index (χ0v) is 17.1. The van der Waals surface area contributed by atoms with Crippen molar-refractivity contribution in [3.8, 4) is 5.75 Å². The second-order valence-corrected chi connectivity index (χ2v) is 6.86. The van der Waals surface area contributed by atoms with Crippen LogP contribution in [0.5, 0.6) is 5.75 Å². The first kappa shape index (κ1) is 19.4. The number of ether oxygens (including phenoxy) is 1. The van der Waals surface area contributed by atoms with Gasteiger partial charge in [0.1, 0.15) is 11.4 Å². The molecule has 4 nitrogen and oxygen atoms in total. The number of fused-ring (bicyclic) bond motifs is 1. The molecule has 3 aromatic rings. The minimum absolute atomic E-state index is 0. The Morgan fingerprint density at radius 1 is 1.04 bits per heavy atom. The number of methoxy groups -OCH3 is 1. The van der Waals surface area contributed by atoms with Crippen LogP contribution in [0.25, 0.3) is 0 Å². The molecular formula is C22H23BrN2O2. The maximum absolute atomic E-state index is 11.5. The Morgan fingerprint density at radius 2 is 1.74 bits per heavy atom. The number of nitrogens with zero attached hydrogens (tertiary/aromatic N) is 2. The summed E-state index contributed by atoms with van der Waals surface area (Å²) in [5, 5.41) is 11.5. The van der Waals surface area contributed by atoms with Gasteiger partial charge in [0.25, 0.3) is 11.5 Å². The van der Waals surface area contributed by atoms with Gasteiger partial charge in [-0.3, -0.25) is 0 Å². The molecule has 4 rings (SSSR count). The van der Waals surface area contributed by atoms with E-state index in [2.05, 4.69) is 36.1 Å². The average molecular weight is 427 g/mol. The maximum atomic E-state index is 11.5. The van der Waals surface area contributed by atoms with Gasteiger partial charge < -0.3 is 26.8 Å². The van der Waals surface area contributed by atoms with Crippen LogP contribution in [0.2, 0.25) is 0 Å². The SMILES string of the molecule is COc1ccc(N2CC(O)(Cc3ccc(C)cc3)[n+]3ccccc32)cc1.[Br-]. The van der Waals surface area contributed by atoms with Crippen molar-refractivity contribution in [2.24, 2.45) is 0 Å². The van der Waals surface area contributed by atoms with Crippen LogP contribution < -0.4 is 31.2 Å². The minimum Gasteiger partial charge on any atom is -1.00 e. The molecule has 5 heteroatoms. The first-order chi connectivity index (χ1) is 12.6. The summed E-state index contributed by atoms with van der Waals surface area (Å²) >= 11 is 0. The van der Waals surface area contributed by atoms with E-state index >= 15 is 0 Å². The fourth-order valence-electron chi connectivity index (χ4n) is 3.58. The zero-order chi connectivity index (χ0) is 18.1. The van der Waals surface area contributed by atoms with Gasteiger partial charge >= 0.3 is 0 Å². The van der Waals surface area contributed by atoms with Crippen molar-refractivity contribution in [1.29, 1.82) is 0 Å². The summed E-state index contributed by atoms with van der Waals surface area (Å²) in [6.45, 7) is 2.57. The number of aliphatic hydroxyl groups is 1. The number of hydrogen-bond acceptors (Lipinski definition) is 3. The van der Waals surface area contributed by atoms with Crippen molar-refractivity contribution in [3.05, 3.63) is 84.1 Å². The lowest BCUT2D eigenvalue weighted by Crippen LogP contribution is -3.00. The largest absolute Gasteiger partial charge is 1.00 e. The molecule has 0 fully saturated rings. The predicted octanol–water partition coefficient (Wildman–Crippen LogP) is 0.335. The quantitative estimate of drug-likeness (QED) is 0.611. The third kappa shape index (κ3) is 3.70. The third-order valence-corrected chi connectivity index (χ3v) is 4.97. The Hall–Kier alpha value is -2.37. The van der Waals surface area contributed by atoms with E-state index in [-0.39, 0.29) is 17.0 Å². The molecule has 0 spiro atoms. The zero-order valence-electron chi connectivity index (χ0n) is 15.5. The van der Waals surface area contributed by atoms with Crippen molar-refractivity contribution >= 4 is 11.5 Å². The van der Waals surface area contributed by atoms with E-state index in [0.717, 1.165) is 22.8 Å². The van der Waals surface area contributed by atoms with Crippen LogP contribution in [0.3, 0.4) is 0 Å². The lowest BCUT2D eigenvalue weighted by molar-refractivity contribution is -0.782. The van der Waals surface area contributed by atoms with Gasteiger partial charge in [-0.15, -0.1) is 0 Å². The van der Waals surface area contributed by atoms with Crippen LogP contribution in [0.4, 0.5) is 11.5 Å². The number of halogens is 1. The second-order valence-electron chi connectivity index (χ2n) is 6.86. The molecular weight excluding hydrogens is 404 g/mol. The Labute approximate surface area is 170 Å². The first-order valence-electron chi connectivity index (χ1n) is 8.80. The predicted molar refractivity (Wildman–Crippen MR) is 102 cm³/mol. The number of aromatic nitrogens is 1. The number of β-amino-alcohol motifs (C(OH)–C–C–N with tert-alkyl or cyclic N) is 1. The normalized spacial score (nSPS) is 18.0. The summed E-state index contributed by atoms with van der Waals surface area (Å²) < 4.78 is 7.23. The van der Waals surface area contributed by atoms with E-state index in [0.29, 0.717) is 13.0 Å². The van der Waals surface area contributed by atoms with Crippen LogP contribution in [-0.2, 0) is 12.1 Å². The number of pyridine rings is 1. The fraction of sp³-hybridized carbons (Fsp3) is 0.227. The van der Waals surface area contributed by atoms with Crippen molar-refractivity contribution < 1.29 is 31.4 Å². The highest BCUT2D eigenvalue weighted by atomic mass is 79.9. The average Bonchev–Trinajstić information content (AvgIpc) is 2.97. The van der Waals surface area contributed by atoms with Gasteiger partial charge in [-0.05, 0) is 42.8 Å². The van der Waals surface area contributed by atoms with Crippen LogP contribution in [0.1, 0.15) is 11.1 Å². The highest BCUT2D eigenvalue weighted by Gasteiger charge is 2.48. The molecule has 1 atom stereocenters. The number of aryl methyl sites for hydroxylation is 1. The molecule has 0 bridgehead atoms. The molecule has 0 saturated heterocycles. The Kier molecular flexibility index (Phi) is 5.53. The molecule has 0 aliphatic carbocycles. The summed E-state index contributed by atoms with van der Waals surface area (Å²) in [4.78, 5) is 2.15.